The molecule has 4 nitrogen and oxygen atoms in total. The molecule has 0 radical (unpaired) electrons. The molecule has 0 saturated heterocycles. The van der Waals surface area contributed by atoms with Gasteiger partial charge in [0.25, 0.3) is 0 Å². The summed E-state index contributed by atoms with van der Waals surface area (Å²) in [6.45, 7) is -0.0855. The second-order valence-corrected chi connectivity index (χ2v) is 3.45. The van der Waals surface area contributed by atoms with Gasteiger partial charge in [-0.3, -0.25) is 4.40 Å². The van der Waals surface area contributed by atoms with Crippen molar-refractivity contribution in [2.45, 2.75) is 6.04 Å². The largest absolute Gasteiger partial charge is 0.394 e. The molecule has 0 bridgehead atoms. The van der Waals surface area contributed by atoms with Gasteiger partial charge >= 0.3 is 0 Å². The third kappa shape index (κ3) is 1.48. The second-order valence-electron chi connectivity index (χ2n) is 3.06. The highest BCUT2D eigenvalue weighted by Gasteiger charge is 2.06. The molecule has 2 rings (SSSR count). The summed E-state index contributed by atoms with van der Waals surface area (Å²) < 4.78 is 1.73. The van der Waals surface area contributed by atoms with Crippen LogP contribution in [0.1, 0.15) is 11.6 Å². The molecule has 0 aliphatic heterocycles. The summed E-state index contributed by atoms with van der Waals surface area (Å²) >= 11 is 5.89. The number of pyridine rings is 1. The standard InChI is InChI=1S/C9H10ClN3O/c10-8-3-12-9-2-1-6(4-13(8)9)7(11)5-14/h1-4,7,14H,5,11H2. The number of nitrogens with two attached hydrogens (primary N) is 1. The van der Waals surface area contributed by atoms with Crippen molar-refractivity contribution in [2.24, 2.45) is 5.73 Å². The van der Waals surface area contributed by atoms with Crippen molar-refractivity contribution in [3.8, 4) is 0 Å². The van der Waals surface area contributed by atoms with Crippen LogP contribution in [0.2, 0.25) is 5.15 Å². The molecule has 0 aromatic carbocycles. The van der Waals surface area contributed by atoms with E-state index < -0.39 is 0 Å². The maximum Gasteiger partial charge on any atom is 0.137 e. The van der Waals surface area contributed by atoms with E-state index in [0.717, 1.165) is 11.2 Å². The van der Waals surface area contributed by atoms with Crippen LogP contribution < -0.4 is 5.73 Å². The Bertz CT molecular complexity index is 454. The SMILES string of the molecule is NC(CO)c1ccc2ncc(Cl)n2c1. The Morgan fingerprint density at radius 3 is 3.07 bits per heavy atom. The molecule has 1 atom stereocenters. The van der Waals surface area contributed by atoms with Crippen molar-refractivity contribution in [1.29, 1.82) is 0 Å². The lowest BCUT2D eigenvalue weighted by Crippen LogP contribution is -2.14. The summed E-state index contributed by atoms with van der Waals surface area (Å²) in [5.74, 6) is 0. The van der Waals surface area contributed by atoms with Gasteiger partial charge in [-0.25, -0.2) is 4.98 Å². The molecular weight excluding hydrogens is 202 g/mol. The van der Waals surface area contributed by atoms with Crippen molar-refractivity contribution < 1.29 is 5.11 Å². The highest BCUT2D eigenvalue weighted by atomic mass is 35.5. The third-order valence-electron chi connectivity index (χ3n) is 2.11. The van der Waals surface area contributed by atoms with E-state index in [1.807, 2.05) is 12.1 Å². The van der Waals surface area contributed by atoms with Crippen LogP contribution >= 0.6 is 11.6 Å². The Kier molecular flexibility index (Phi) is 2.41. The van der Waals surface area contributed by atoms with Crippen molar-refractivity contribution >= 4 is 17.2 Å². The van der Waals surface area contributed by atoms with Gasteiger partial charge in [0.1, 0.15) is 10.8 Å². The number of nitrogens with zero attached hydrogens (tertiary/aromatic N) is 2. The number of fused-ring (bicyclic) bond motifs is 1. The van der Waals surface area contributed by atoms with Gasteiger partial charge in [0.2, 0.25) is 0 Å². The van der Waals surface area contributed by atoms with Gasteiger partial charge in [0.05, 0.1) is 18.8 Å². The summed E-state index contributed by atoms with van der Waals surface area (Å²) in [5, 5.41) is 9.43. The molecule has 0 saturated carbocycles. The predicted octanol–water partition coefficient (Wildman–Crippen LogP) is 0.980. The highest BCUT2D eigenvalue weighted by Crippen LogP contribution is 2.16. The Morgan fingerprint density at radius 2 is 2.36 bits per heavy atom. The van der Waals surface area contributed by atoms with E-state index in [0.29, 0.717) is 5.15 Å². The number of halogens is 1. The van der Waals surface area contributed by atoms with E-state index in [1.54, 1.807) is 16.8 Å². The minimum Gasteiger partial charge on any atom is -0.394 e. The van der Waals surface area contributed by atoms with E-state index in [9.17, 15) is 0 Å². The van der Waals surface area contributed by atoms with Crippen LogP contribution in [0.5, 0.6) is 0 Å². The van der Waals surface area contributed by atoms with E-state index in [4.69, 9.17) is 22.4 Å². The molecule has 5 heteroatoms. The summed E-state index contributed by atoms with van der Waals surface area (Å²) in [6.07, 6.45) is 3.36. The second kappa shape index (κ2) is 3.57. The summed E-state index contributed by atoms with van der Waals surface area (Å²) in [5.41, 5.74) is 7.28. The molecule has 74 valence electrons. The van der Waals surface area contributed by atoms with Gasteiger partial charge in [0, 0.05) is 6.20 Å². The van der Waals surface area contributed by atoms with Gasteiger partial charge in [-0.1, -0.05) is 17.7 Å². The summed E-state index contributed by atoms with van der Waals surface area (Å²) in [6, 6.07) is 3.27. The van der Waals surface area contributed by atoms with Gasteiger partial charge in [-0.15, -0.1) is 0 Å². The molecule has 1 unspecified atom stereocenters. The first-order valence-electron chi connectivity index (χ1n) is 4.21. The Morgan fingerprint density at radius 1 is 1.57 bits per heavy atom. The first-order chi connectivity index (χ1) is 6.72. The molecule has 2 heterocycles. The average Bonchev–Trinajstić information content (AvgIpc) is 2.59. The molecular formula is C9H10ClN3O. The van der Waals surface area contributed by atoms with Crippen LogP contribution in [0.25, 0.3) is 5.65 Å². The Hall–Kier alpha value is -1.10. The van der Waals surface area contributed by atoms with Gasteiger partial charge < -0.3 is 10.8 Å². The molecule has 0 spiro atoms. The molecule has 14 heavy (non-hydrogen) atoms. The number of aliphatic hydroxyl groups excluding tert-OH is 1. The number of hydrogen-bond acceptors (Lipinski definition) is 3. The van der Waals surface area contributed by atoms with Crippen molar-refractivity contribution in [3.05, 3.63) is 35.2 Å². The molecule has 3 N–H and O–H groups in total. The lowest BCUT2D eigenvalue weighted by Gasteiger charge is -2.08. The van der Waals surface area contributed by atoms with Crippen molar-refractivity contribution in [1.82, 2.24) is 9.38 Å². The fraction of sp³-hybridized carbons (Fsp3) is 0.222. The van der Waals surface area contributed by atoms with E-state index in [-0.39, 0.29) is 12.6 Å². The first kappa shape index (κ1) is 9.45. The number of rotatable bonds is 2. The van der Waals surface area contributed by atoms with E-state index in [1.165, 1.54) is 0 Å². The number of hydrogen-bond donors (Lipinski definition) is 2. The fourth-order valence-electron chi connectivity index (χ4n) is 1.29. The normalized spacial score (nSPS) is 13.4. The zero-order valence-electron chi connectivity index (χ0n) is 7.39. The highest BCUT2D eigenvalue weighted by molar-refractivity contribution is 6.29. The molecule has 0 fully saturated rings. The first-order valence-corrected chi connectivity index (χ1v) is 4.59. The quantitative estimate of drug-likeness (QED) is 0.779. The zero-order valence-corrected chi connectivity index (χ0v) is 8.15. The lowest BCUT2D eigenvalue weighted by atomic mass is 10.1. The molecule has 0 amide bonds. The fourth-order valence-corrected chi connectivity index (χ4v) is 1.48. The smallest absolute Gasteiger partial charge is 0.137 e. The Labute approximate surface area is 85.9 Å². The maximum absolute atomic E-state index is 8.90. The van der Waals surface area contributed by atoms with Crippen LogP contribution in [0.4, 0.5) is 0 Å². The minimum atomic E-state index is -0.377. The molecule has 0 aliphatic carbocycles. The van der Waals surface area contributed by atoms with Gasteiger partial charge in [-0.2, -0.15) is 0 Å². The number of aliphatic hydroxyl groups is 1. The van der Waals surface area contributed by atoms with Gasteiger partial charge in [-0.05, 0) is 11.6 Å². The van der Waals surface area contributed by atoms with Crippen LogP contribution in [-0.2, 0) is 0 Å². The lowest BCUT2D eigenvalue weighted by molar-refractivity contribution is 0.268. The third-order valence-corrected chi connectivity index (χ3v) is 2.39. The average molecular weight is 212 g/mol. The van der Waals surface area contributed by atoms with Crippen molar-refractivity contribution in [2.75, 3.05) is 6.61 Å². The number of imidazole rings is 1. The van der Waals surface area contributed by atoms with Crippen molar-refractivity contribution in [3.63, 3.8) is 0 Å². The van der Waals surface area contributed by atoms with E-state index in [2.05, 4.69) is 4.98 Å². The minimum absolute atomic E-state index is 0.0855. The zero-order chi connectivity index (χ0) is 10.1. The van der Waals surface area contributed by atoms with E-state index >= 15 is 0 Å². The van der Waals surface area contributed by atoms with Crippen LogP contribution in [0.3, 0.4) is 0 Å². The van der Waals surface area contributed by atoms with Gasteiger partial charge in [0.15, 0.2) is 0 Å². The summed E-state index contributed by atoms with van der Waals surface area (Å²) in [7, 11) is 0. The Balaban J connectivity index is 2.54. The van der Waals surface area contributed by atoms with Crippen LogP contribution in [0.15, 0.2) is 24.5 Å². The summed E-state index contributed by atoms with van der Waals surface area (Å²) in [4.78, 5) is 4.07. The van der Waals surface area contributed by atoms with Crippen LogP contribution in [0, 0.1) is 0 Å². The molecule has 0 aliphatic rings. The topological polar surface area (TPSA) is 63.5 Å². The maximum atomic E-state index is 8.90. The van der Waals surface area contributed by atoms with Crippen LogP contribution in [-0.4, -0.2) is 21.1 Å². The molecule has 2 aromatic rings. The number of aromatic nitrogens is 2. The monoisotopic (exact) mass is 211 g/mol. The predicted molar refractivity (Wildman–Crippen MR) is 54.2 cm³/mol. The molecule has 2 aromatic heterocycles.